The average molecular weight is 490 g/mol. The zero-order valence-electron chi connectivity index (χ0n) is 20.8. The monoisotopic (exact) mass is 489 g/mol. The number of nitrogens with one attached hydrogen (secondary N) is 1. The fourth-order valence-electron chi connectivity index (χ4n) is 5.72. The van der Waals surface area contributed by atoms with Gasteiger partial charge in [0.2, 0.25) is 5.91 Å². The lowest BCUT2D eigenvalue weighted by Crippen LogP contribution is -2.59. The maximum Gasteiger partial charge on any atom is 0.229 e. The first-order valence-electron chi connectivity index (χ1n) is 12.8. The van der Waals surface area contributed by atoms with Crippen molar-refractivity contribution in [3.8, 4) is 0 Å². The number of benzene rings is 1. The van der Waals surface area contributed by atoms with Crippen LogP contribution in [-0.2, 0) is 9.53 Å². The smallest absolute Gasteiger partial charge is 0.229 e. The topological polar surface area (TPSA) is 70.6 Å². The number of amides is 1. The Bertz CT molecular complexity index is 1280. The average Bonchev–Trinajstić information content (AvgIpc) is 3.63. The molecule has 8 heteroatoms. The van der Waals surface area contributed by atoms with Gasteiger partial charge in [-0.3, -0.25) is 14.7 Å². The Hall–Kier alpha value is -3.10. The number of carbonyl (C=O) groups is 1. The largest absolute Gasteiger partial charge is 0.376 e. The van der Waals surface area contributed by atoms with E-state index in [0.29, 0.717) is 12.4 Å². The third kappa shape index (κ3) is 4.22. The summed E-state index contributed by atoms with van der Waals surface area (Å²) >= 11 is 0. The Labute approximate surface area is 210 Å². The van der Waals surface area contributed by atoms with Gasteiger partial charge in [-0.2, -0.15) is 0 Å². The molecule has 3 aliphatic rings. The van der Waals surface area contributed by atoms with Crippen molar-refractivity contribution in [2.45, 2.75) is 37.9 Å². The number of hydrogen-bond donors (Lipinski definition) is 1. The molecule has 3 aromatic rings. The summed E-state index contributed by atoms with van der Waals surface area (Å²) in [6.45, 7) is 8.00. The lowest BCUT2D eigenvalue weighted by Gasteiger charge is -2.45. The summed E-state index contributed by atoms with van der Waals surface area (Å²) in [7, 11) is 0. The molecule has 3 fully saturated rings. The van der Waals surface area contributed by atoms with E-state index in [9.17, 15) is 9.18 Å². The van der Waals surface area contributed by atoms with Crippen molar-refractivity contribution in [1.82, 2.24) is 14.9 Å². The molecule has 2 aromatic heterocycles. The lowest BCUT2D eigenvalue weighted by molar-refractivity contribution is -0.117. The number of nitrogens with zero attached hydrogens (tertiary/aromatic N) is 4. The van der Waals surface area contributed by atoms with Crippen LogP contribution in [0.2, 0.25) is 0 Å². The van der Waals surface area contributed by atoms with Gasteiger partial charge < -0.3 is 15.0 Å². The number of halogens is 1. The van der Waals surface area contributed by atoms with Gasteiger partial charge in [-0.25, -0.2) is 9.37 Å². The number of alkyl halides is 1. The van der Waals surface area contributed by atoms with Crippen LogP contribution in [0.15, 0.2) is 48.8 Å². The lowest BCUT2D eigenvalue weighted by atomic mass is 9.96. The minimum Gasteiger partial charge on any atom is -0.376 e. The zero-order valence-corrected chi connectivity index (χ0v) is 20.8. The van der Waals surface area contributed by atoms with Crippen LogP contribution in [0.1, 0.15) is 30.5 Å². The number of fused-ring (bicyclic) bond motifs is 1. The third-order valence-corrected chi connectivity index (χ3v) is 8.16. The molecule has 2 saturated heterocycles. The van der Waals surface area contributed by atoms with Crippen molar-refractivity contribution in [2.24, 2.45) is 5.92 Å². The van der Waals surface area contributed by atoms with Crippen molar-refractivity contribution in [3.05, 3.63) is 60.0 Å². The van der Waals surface area contributed by atoms with Crippen molar-refractivity contribution < 1.29 is 13.9 Å². The van der Waals surface area contributed by atoms with Crippen LogP contribution in [0, 0.1) is 12.8 Å². The summed E-state index contributed by atoms with van der Waals surface area (Å²) in [5.41, 5.74) is 2.80. The van der Waals surface area contributed by atoms with E-state index in [4.69, 9.17) is 4.74 Å². The van der Waals surface area contributed by atoms with Gasteiger partial charge in [-0.05, 0) is 61.5 Å². The quantitative estimate of drug-likeness (QED) is 0.586. The van der Waals surface area contributed by atoms with E-state index in [1.54, 1.807) is 6.20 Å². The van der Waals surface area contributed by atoms with E-state index in [1.165, 1.54) is 11.3 Å². The van der Waals surface area contributed by atoms with Crippen LogP contribution < -0.4 is 10.2 Å². The second-order valence-electron chi connectivity index (χ2n) is 10.6. The number of ether oxygens (including phenoxy) is 1. The highest BCUT2D eigenvalue weighted by atomic mass is 19.1. The molecule has 1 aliphatic carbocycles. The minimum atomic E-state index is -0.942. The van der Waals surface area contributed by atoms with Gasteiger partial charge in [-0.1, -0.05) is 6.07 Å². The summed E-state index contributed by atoms with van der Waals surface area (Å²) in [5.74, 6) is 0.696. The molecular weight excluding hydrogens is 457 g/mol. The molecule has 6 rings (SSSR count). The Morgan fingerprint density at radius 2 is 1.97 bits per heavy atom. The number of anilines is 2. The van der Waals surface area contributed by atoms with E-state index in [0.717, 1.165) is 49.1 Å². The molecule has 4 atom stereocenters. The first kappa shape index (κ1) is 23.3. The van der Waals surface area contributed by atoms with Crippen LogP contribution in [0.4, 0.5) is 15.9 Å². The second-order valence-corrected chi connectivity index (χ2v) is 10.6. The Morgan fingerprint density at radius 3 is 2.69 bits per heavy atom. The molecule has 1 saturated carbocycles. The molecular formula is C28H32FN5O2. The molecule has 1 N–H and O–H groups in total. The number of piperazine rings is 1. The first-order chi connectivity index (χ1) is 17.4. The highest BCUT2D eigenvalue weighted by molar-refractivity contribution is 5.97. The molecule has 7 nitrogen and oxygen atoms in total. The zero-order chi connectivity index (χ0) is 24.9. The van der Waals surface area contributed by atoms with Gasteiger partial charge in [0.05, 0.1) is 18.8 Å². The van der Waals surface area contributed by atoms with E-state index in [2.05, 4.69) is 44.1 Å². The Kier molecular flexibility index (Phi) is 5.88. The predicted molar refractivity (Wildman–Crippen MR) is 138 cm³/mol. The van der Waals surface area contributed by atoms with Crippen molar-refractivity contribution in [1.29, 1.82) is 0 Å². The second kappa shape index (κ2) is 9.09. The van der Waals surface area contributed by atoms with Crippen LogP contribution in [0.25, 0.3) is 10.8 Å². The normalized spacial score (nSPS) is 28.4. The van der Waals surface area contributed by atoms with Crippen LogP contribution in [-0.4, -0.2) is 71.9 Å². The molecule has 0 radical (unpaired) electrons. The van der Waals surface area contributed by atoms with Gasteiger partial charge in [0, 0.05) is 67.2 Å². The molecule has 1 amide bonds. The predicted octanol–water partition coefficient (Wildman–Crippen LogP) is 3.93. The van der Waals surface area contributed by atoms with Gasteiger partial charge in [0.15, 0.2) is 0 Å². The van der Waals surface area contributed by atoms with Crippen molar-refractivity contribution in [2.75, 3.05) is 49.6 Å². The molecule has 0 unspecified atom stereocenters. The maximum absolute atomic E-state index is 14.5. The Balaban J connectivity index is 1.15. The highest BCUT2D eigenvalue weighted by Gasteiger charge is 2.46. The fraction of sp³-hybridized carbons (Fsp3) is 0.464. The van der Waals surface area contributed by atoms with Gasteiger partial charge in [0.1, 0.15) is 12.0 Å². The van der Waals surface area contributed by atoms with Crippen LogP contribution >= 0.6 is 0 Å². The molecule has 36 heavy (non-hydrogen) atoms. The highest BCUT2D eigenvalue weighted by Crippen LogP contribution is 2.47. The number of rotatable bonds is 5. The number of pyridine rings is 2. The standard InChI is InChI=1S/C28H32FN5O2/c1-18-11-20-15-31-26(32-27(35)22-14-21(22)23-5-3-4-6-30-23)13-19(20)12-24(18)33-7-9-34(10-8-33)28(2)17-36-16-25(28)29/h3-6,11-13,15,21-22,25H,7-10,14,16-17H2,1-2H3,(H,31,32,35)/t21-,22-,25+,28-/m0/s1. The van der Waals surface area contributed by atoms with Gasteiger partial charge in [-0.15, -0.1) is 0 Å². The summed E-state index contributed by atoms with van der Waals surface area (Å²) in [5, 5.41) is 5.09. The fourth-order valence-corrected chi connectivity index (χ4v) is 5.72. The molecule has 4 heterocycles. The third-order valence-electron chi connectivity index (χ3n) is 8.16. The van der Waals surface area contributed by atoms with Crippen LogP contribution in [0.5, 0.6) is 0 Å². The maximum atomic E-state index is 14.5. The first-order valence-corrected chi connectivity index (χ1v) is 12.8. The van der Waals surface area contributed by atoms with Crippen molar-refractivity contribution >= 4 is 28.2 Å². The summed E-state index contributed by atoms with van der Waals surface area (Å²) in [6.07, 6.45) is 3.47. The van der Waals surface area contributed by atoms with Gasteiger partial charge >= 0.3 is 0 Å². The SMILES string of the molecule is Cc1cc2cnc(NC(=O)[C@H]3C[C@@H]3c3ccccn3)cc2cc1N1CCN([C@@]2(C)COC[C@H]2F)CC1. The minimum absolute atomic E-state index is 0.00323. The number of carbonyl (C=O) groups excluding carboxylic acids is 1. The number of aromatic nitrogens is 2. The molecule has 188 valence electrons. The van der Waals surface area contributed by atoms with E-state index >= 15 is 0 Å². The van der Waals surface area contributed by atoms with Crippen LogP contribution in [0.3, 0.4) is 0 Å². The van der Waals surface area contributed by atoms with E-state index < -0.39 is 11.7 Å². The van der Waals surface area contributed by atoms with Crippen molar-refractivity contribution in [3.63, 3.8) is 0 Å². The summed E-state index contributed by atoms with van der Waals surface area (Å²) in [4.78, 5) is 26.3. The van der Waals surface area contributed by atoms with Gasteiger partial charge in [0.25, 0.3) is 0 Å². The molecule has 0 bridgehead atoms. The summed E-state index contributed by atoms with van der Waals surface area (Å²) in [6, 6.07) is 12.1. The van der Waals surface area contributed by atoms with E-state index in [-0.39, 0.29) is 24.3 Å². The molecule has 0 spiro atoms. The van der Waals surface area contributed by atoms with E-state index in [1.807, 2.05) is 37.4 Å². The molecule has 2 aliphatic heterocycles. The Morgan fingerprint density at radius 1 is 1.14 bits per heavy atom. The molecule has 1 aromatic carbocycles. The number of hydrogen-bond acceptors (Lipinski definition) is 6. The number of aryl methyl sites for hydroxylation is 1. The summed E-state index contributed by atoms with van der Waals surface area (Å²) < 4.78 is 19.9.